The molecule has 0 bridgehead atoms. The van der Waals surface area contributed by atoms with Gasteiger partial charge in [0.15, 0.2) is 0 Å². The molecule has 1 fully saturated rings. The summed E-state index contributed by atoms with van der Waals surface area (Å²) >= 11 is 0. The lowest BCUT2D eigenvalue weighted by Crippen LogP contribution is -2.50. The summed E-state index contributed by atoms with van der Waals surface area (Å²) in [7, 11) is 0. The van der Waals surface area contributed by atoms with Gasteiger partial charge in [0.05, 0.1) is 6.54 Å². The van der Waals surface area contributed by atoms with Gasteiger partial charge in [-0.05, 0) is 25.5 Å². The molecule has 0 aromatic carbocycles. The van der Waals surface area contributed by atoms with Crippen molar-refractivity contribution in [3.05, 3.63) is 24.4 Å². The molecule has 1 amide bonds. The number of aliphatic hydroxyl groups is 1. The van der Waals surface area contributed by atoms with E-state index in [1.807, 2.05) is 25.1 Å². The lowest BCUT2D eigenvalue weighted by molar-refractivity contribution is -0.123. The predicted octanol–water partition coefficient (Wildman–Crippen LogP) is 0.0907. The Kier molecular flexibility index (Phi) is 5.95. The van der Waals surface area contributed by atoms with E-state index >= 15 is 0 Å². The van der Waals surface area contributed by atoms with Crippen molar-refractivity contribution in [1.82, 2.24) is 15.2 Å². The van der Waals surface area contributed by atoms with E-state index in [0.29, 0.717) is 13.0 Å². The molecule has 1 unspecified atom stereocenters. The number of hydrogen-bond donors (Lipinski definition) is 2. The first kappa shape index (κ1) is 15.7. The van der Waals surface area contributed by atoms with Gasteiger partial charge in [0.2, 0.25) is 5.91 Å². The molecular weight excluding hydrogens is 268 g/mol. The molecule has 6 nitrogen and oxygen atoms in total. The number of hydrogen-bond acceptors (Lipinski definition) is 5. The SMILES string of the molecule is CC(CCO)NC(=O)CN1CCN(c2ccccn2)CC1. The van der Waals surface area contributed by atoms with Crippen molar-refractivity contribution in [2.45, 2.75) is 19.4 Å². The van der Waals surface area contributed by atoms with E-state index in [-0.39, 0.29) is 18.6 Å². The maximum absolute atomic E-state index is 11.9. The second-order valence-corrected chi connectivity index (χ2v) is 5.43. The summed E-state index contributed by atoms with van der Waals surface area (Å²) < 4.78 is 0. The first-order chi connectivity index (χ1) is 10.2. The molecule has 116 valence electrons. The maximum atomic E-state index is 11.9. The molecule has 0 radical (unpaired) electrons. The van der Waals surface area contributed by atoms with Crippen LogP contribution in [-0.2, 0) is 4.79 Å². The minimum atomic E-state index is 0.0253. The van der Waals surface area contributed by atoms with Gasteiger partial charge in [-0.2, -0.15) is 0 Å². The van der Waals surface area contributed by atoms with E-state index in [1.54, 1.807) is 6.20 Å². The zero-order valence-electron chi connectivity index (χ0n) is 12.5. The fourth-order valence-corrected chi connectivity index (χ4v) is 2.47. The Morgan fingerprint density at radius 3 is 2.76 bits per heavy atom. The Morgan fingerprint density at radius 1 is 1.38 bits per heavy atom. The summed E-state index contributed by atoms with van der Waals surface area (Å²) in [5, 5.41) is 11.7. The van der Waals surface area contributed by atoms with Gasteiger partial charge in [-0.15, -0.1) is 0 Å². The highest BCUT2D eigenvalue weighted by molar-refractivity contribution is 5.78. The van der Waals surface area contributed by atoms with Gasteiger partial charge < -0.3 is 15.3 Å². The number of anilines is 1. The normalized spacial score (nSPS) is 17.5. The Hall–Kier alpha value is -1.66. The van der Waals surface area contributed by atoms with Crippen LogP contribution < -0.4 is 10.2 Å². The Labute approximate surface area is 125 Å². The minimum Gasteiger partial charge on any atom is -0.396 e. The number of carbonyl (C=O) groups excluding carboxylic acids is 1. The molecule has 0 saturated carbocycles. The van der Waals surface area contributed by atoms with E-state index in [4.69, 9.17) is 5.11 Å². The molecule has 1 aromatic heterocycles. The van der Waals surface area contributed by atoms with Crippen molar-refractivity contribution in [2.75, 3.05) is 44.2 Å². The molecular formula is C15H24N4O2. The van der Waals surface area contributed by atoms with Crippen LogP contribution in [0.25, 0.3) is 0 Å². The second kappa shape index (κ2) is 7.95. The van der Waals surface area contributed by atoms with Gasteiger partial charge in [-0.1, -0.05) is 6.07 Å². The summed E-state index contributed by atoms with van der Waals surface area (Å²) in [5.41, 5.74) is 0. The van der Waals surface area contributed by atoms with E-state index in [2.05, 4.69) is 20.1 Å². The highest BCUT2D eigenvalue weighted by Crippen LogP contribution is 2.12. The molecule has 2 N–H and O–H groups in total. The summed E-state index contributed by atoms with van der Waals surface area (Å²) in [6, 6.07) is 5.94. The van der Waals surface area contributed by atoms with Crippen molar-refractivity contribution in [1.29, 1.82) is 0 Å². The highest BCUT2D eigenvalue weighted by Gasteiger charge is 2.20. The average Bonchev–Trinajstić information content (AvgIpc) is 2.49. The molecule has 1 atom stereocenters. The van der Waals surface area contributed by atoms with Crippen LogP contribution in [0.15, 0.2) is 24.4 Å². The van der Waals surface area contributed by atoms with Crippen molar-refractivity contribution in [3.8, 4) is 0 Å². The number of carbonyl (C=O) groups is 1. The molecule has 2 heterocycles. The lowest BCUT2D eigenvalue weighted by atomic mass is 10.2. The Bertz CT molecular complexity index is 433. The third-order valence-electron chi connectivity index (χ3n) is 3.68. The van der Waals surface area contributed by atoms with E-state index in [9.17, 15) is 4.79 Å². The zero-order valence-corrected chi connectivity index (χ0v) is 12.5. The van der Waals surface area contributed by atoms with Gasteiger partial charge >= 0.3 is 0 Å². The number of nitrogens with zero attached hydrogens (tertiary/aromatic N) is 3. The van der Waals surface area contributed by atoms with Crippen molar-refractivity contribution >= 4 is 11.7 Å². The van der Waals surface area contributed by atoms with Gasteiger partial charge in [0, 0.05) is 45.0 Å². The number of rotatable bonds is 6. The summed E-state index contributed by atoms with van der Waals surface area (Å²) in [5.74, 6) is 1.03. The highest BCUT2D eigenvalue weighted by atomic mass is 16.3. The molecule has 1 saturated heterocycles. The fraction of sp³-hybridized carbons (Fsp3) is 0.600. The summed E-state index contributed by atoms with van der Waals surface area (Å²) in [6.07, 6.45) is 2.40. The van der Waals surface area contributed by atoms with Crippen LogP contribution in [0.1, 0.15) is 13.3 Å². The van der Waals surface area contributed by atoms with Crippen LogP contribution >= 0.6 is 0 Å². The Morgan fingerprint density at radius 2 is 2.14 bits per heavy atom. The molecule has 1 aliphatic rings. The van der Waals surface area contributed by atoms with Crippen LogP contribution in [0.2, 0.25) is 0 Å². The molecule has 2 rings (SSSR count). The molecule has 21 heavy (non-hydrogen) atoms. The average molecular weight is 292 g/mol. The van der Waals surface area contributed by atoms with Crippen LogP contribution in [0.3, 0.4) is 0 Å². The van der Waals surface area contributed by atoms with Crippen LogP contribution in [0.5, 0.6) is 0 Å². The number of pyridine rings is 1. The number of piperazine rings is 1. The van der Waals surface area contributed by atoms with Crippen LogP contribution in [-0.4, -0.2) is 66.3 Å². The lowest BCUT2D eigenvalue weighted by Gasteiger charge is -2.35. The fourth-order valence-electron chi connectivity index (χ4n) is 2.47. The molecule has 1 aromatic rings. The molecule has 1 aliphatic heterocycles. The van der Waals surface area contributed by atoms with Crippen LogP contribution in [0, 0.1) is 0 Å². The number of nitrogens with one attached hydrogen (secondary N) is 1. The summed E-state index contributed by atoms with van der Waals surface area (Å²) in [4.78, 5) is 20.6. The standard InChI is InChI=1S/C15H24N4O2/c1-13(5-11-20)17-15(21)12-18-7-9-19(10-8-18)14-4-2-3-6-16-14/h2-4,6,13,20H,5,7-12H2,1H3,(H,17,21). The van der Waals surface area contributed by atoms with Crippen molar-refractivity contribution in [2.24, 2.45) is 0 Å². The van der Waals surface area contributed by atoms with Gasteiger partial charge in [0.25, 0.3) is 0 Å². The van der Waals surface area contributed by atoms with E-state index in [1.165, 1.54) is 0 Å². The number of aliphatic hydroxyl groups excluding tert-OH is 1. The topological polar surface area (TPSA) is 68.7 Å². The maximum Gasteiger partial charge on any atom is 0.234 e. The first-order valence-electron chi connectivity index (χ1n) is 7.47. The molecule has 0 spiro atoms. The predicted molar refractivity (Wildman–Crippen MR) is 82.2 cm³/mol. The van der Waals surface area contributed by atoms with Crippen molar-refractivity contribution < 1.29 is 9.90 Å². The third-order valence-corrected chi connectivity index (χ3v) is 3.68. The van der Waals surface area contributed by atoms with Crippen LogP contribution in [0.4, 0.5) is 5.82 Å². The largest absolute Gasteiger partial charge is 0.396 e. The monoisotopic (exact) mass is 292 g/mol. The van der Waals surface area contributed by atoms with E-state index in [0.717, 1.165) is 32.0 Å². The Balaban J connectivity index is 1.73. The van der Waals surface area contributed by atoms with E-state index < -0.39 is 0 Å². The third kappa shape index (κ3) is 4.99. The van der Waals surface area contributed by atoms with Gasteiger partial charge in [-0.25, -0.2) is 4.98 Å². The second-order valence-electron chi connectivity index (χ2n) is 5.43. The number of amides is 1. The molecule has 0 aliphatic carbocycles. The zero-order chi connectivity index (χ0) is 15.1. The minimum absolute atomic E-state index is 0.0253. The molecule has 6 heteroatoms. The number of aromatic nitrogens is 1. The quantitative estimate of drug-likeness (QED) is 0.778. The van der Waals surface area contributed by atoms with Crippen molar-refractivity contribution in [3.63, 3.8) is 0 Å². The smallest absolute Gasteiger partial charge is 0.234 e. The first-order valence-corrected chi connectivity index (χ1v) is 7.47. The van der Waals surface area contributed by atoms with Gasteiger partial charge in [0.1, 0.15) is 5.82 Å². The summed E-state index contributed by atoms with van der Waals surface area (Å²) in [6.45, 7) is 5.92. The van der Waals surface area contributed by atoms with Gasteiger partial charge in [-0.3, -0.25) is 9.69 Å².